The molecule has 0 amide bonds. The van der Waals surface area contributed by atoms with Gasteiger partial charge in [-0.05, 0) is 23.8 Å². The van der Waals surface area contributed by atoms with Crippen LogP contribution in [0.25, 0.3) is 11.3 Å². The number of fused-ring (bicyclic) bond motifs is 1. The van der Waals surface area contributed by atoms with Gasteiger partial charge in [-0.15, -0.1) is 0 Å². The van der Waals surface area contributed by atoms with Crippen LogP contribution < -0.4 is 9.47 Å². The summed E-state index contributed by atoms with van der Waals surface area (Å²) in [5.41, 5.74) is 1.46. The van der Waals surface area contributed by atoms with E-state index in [1.54, 1.807) is 19.2 Å². The summed E-state index contributed by atoms with van der Waals surface area (Å²) in [6.07, 6.45) is 0. The topological polar surface area (TPSA) is 73.6 Å². The summed E-state index contributed by atoms with van der Waals surface area (Å²) in [6, 6.07) is 4.64. The van der Waals surface area contributed by atoms with E-state index in [1.807, 2.05) is 0 Å². The fraction of sp³-hybridized carbons (Fsp3) is 0.286. The molecule has 1 N–H and O–H groups in total. The molecule has 1 aromatic heterocycles. The minimum Gasteiger partial charge on any atom is -0.486 e. The van der Waals surface area contributed by atoms with Gasteiger partial charge in [0.1, 0.15) is 19.9 Å². The van der Waals surface area contributed by atoms with Gasteiger partial charge in [-0.1, -0.05) is 0 Å². The summed E-state index contributed by atoms with van der Waals surface area (Å²) in [6.45, 7) is 0.139. The molecule has 0 bridgehead atoms. The van der Waals surface area contributed by atoms with Crippen molar-refractivity contribution < 1.29 is 23.8 Å². The summed E-state index contributed by atoms with van der Waals surface area (Å²) in [4.78, 5) is 11.0. The van der Waals surface area contributed by atoms with Crippen molar-refractivity contribution >= 4 is 5.97 Å². The zero-order valence-electron chi connectivity index (χ0n) is 11.3. The van der Waals surface area contributed by atoms with E-state index in [1.165, 1.54) is 10.7 Å². The Kier molecular flexibility index (Phi) is 3.25. The fourth-order valence-electron chi connectivity index (χ4n) is 2.30. The number of rotatable bonds is 3. The van der Waals surface area contributed by atoms with Gasteiger partial charge in [-0.25, -0.2) is 9.18 Å². The molecule has 7 heteroatoms. The Morgan fingerprint density at radius 2 is 2.14 bits per heavy atom. The summed E-state index contributed by atoms with van der Waals surface area (Å²) in [7, 11) is 1.62. The predicted octanol–water partition coefficient (Wildman–Crippen LogP) is 2.03. The van der Waals surface area contributed by atoms with Gasteiger partial charge < -0.3 is 14.6 Å². The first-order valence-electron chi connectivity index (χ1n) is 6.36. The van der Waals surface area contributed by atoms with E-state index >= 15 is 0 Å². The highest BCUT2D eigenvalue weighted by Gasteiger charge is 2.22. The Bertz CT molecular complexity index is 711. The number of nitrogens with zero attached hydrogens (tertiary/aromatic N) is 2. The van der Waals surface area contributed by atoms with Gasteiger partial charge in [0.2, 0.25) is 0 Å². The second-order valence-electron chi connectivity index (χ2n) is 4.64. The second-order valence-corrected chi connectivity index (χ2v) is 4.64. The van der Waals surface area contributed by atoms with Crippen LogP contribution in [0.15, 0.2) is 18.2 Å². The Morgan fingerprint density at radius 1 is 1.38 bits per heavy atom. The van der Waals surface area contributed by atoms with Crippen molar-refractivity contribution in [2.45, 2.75) is 6.67 Å². The summed E-state index contributed by atoms with van der Waals surface area (Å²) in [5, 5.41) is 12.9. The van der Waals surface area contributed by atoms with Crippen LogP contribution in [0.3, 0.4) is 0 Å². The molecule has 2 aromatic rings. The highest BCUT2D eigenvalue weighted by Crippen LogP contribution is 2.41. The van der Waals surface area contributed by atoms with Gasteiger partial charge in [-0.3, -0.25) is 4.68 Å². The number of carboxylic acid groups (broad SMARTS) is 1. The second kappa shape index (κ2) is 5.08. The number of ether oxygens (including phenoxy) is 2. The number of aromatic carboxylic acids is 1. The van der Waals surface area contributed by atoms with Gasteiger partial charge in [0.05, 0.1) is 5.69 Å². The van der Waals surface area contributed by atoms with Crippen molar-refractivity contribution in [3.8, 4) is 22.8 Å². The lowest BCUT2D eigenvalue weighted by atomic mass is 10.1. The number of carbonyl (C=O) groups is 1. The van der Waals surface area contributed by atoms with Crippen LogP contribution >= 0.6 is 0 Å². The minimum absolute atomic E-state index is 0.0800. The molecule has 0 fully saturated rings. The smallest absolute Gasteiger partial charge is 0.356 e. The van der Waals surface area contributed by atoms with E-state index in [0.29, 0.717) is 41.5 Å². The number of hydrogen-bond donors (Lipinski definition) is 1. The Labute approximate surface area is 119 Å². The predicted molar refractivity (Wildman–Crippen MR) is 71.4 cm³/mol. The first-order valence-corrected chi connectivity index (χ1v) is 6.36. The van der Waals surface area contributed by atoms with E-state index in [4.69, 9.17) is 14.6 Å². The lowest BCUT2D eigenvalue weighted by Gasteiger charge is -2.22. The van der Waals surface area contributed by atoms with Crippen LogP contribution in [0.1, 0.15) is 16.1 Å². The van der Waals surface area contributed by atoms with Gasteiger partial charge in [0.15, 0.2) is 17.2 Å². The molecule has 1 aliphatic heterocycles. The maximum Gasteiger partial charge on any atom is 0.356 e. The highest BCUT2D eigenvalue weighted by molar-refractivity contribution is 5.87. The SMILES string of the molecule is Cn1nc(C(=O)O)cc1-c1cc(CF)cc2c1OCCO2. The first kappa shape index (κ1) is 13.4. The van der Waals surface area contributed by atoms with Crippen molar-refractivity contribution in [3.05, 3.63) is 29.5 Å². The van der Waals surface area contributed by atoms with Gasteiger partial charge in [0.25, 0.3) is 0 Å². The molecule has 0 spiro atoms. The standard InChI is InChI=1S/C14H13FN2O4/c1-17-11(6-10(16-17)14(18)19)9-4-8(7-15)5-12-13(9)21-3-2-20-12/h4-6H,2-3,7H2,1H3,(H,18,19). The van der Waals surface area contributed by atoms with E-state index in [-0.39, 0.29) is 5.69 Å². The first-order chi connectivity index (χ1) is 10.1. The molecule has 6 nitrogen and oxygen atoms in total. The van der Waals surface area contributed by atoms with Crippen LogP contribution in [0.5, 0.6) is 11.5 Å². The van der Waals surface area contributed by atoms with Crippen molar-refractivity contribution in [1.82, 2.24) is 9.78 Å². The Balaban J connectivity index is 2.19. The lowest BCUT2D eigenvalue weighted by Crippen LogP contribution is -2.16. The number of aromatic nitrogens is 2. The number of benzene rings is 1. The number of halogens is 1. The van der Waals surface area contributed by atoms with Crippen LogP contribution in [0.4, 0.5) is 4.39 Å². The molecular formula is C14H13FN2O4. The normalized spacial score (nSPS) is 13.2. The van der Waals surface area contributed by atoms with E-state index in [0.717, 1.165) is 0 Å². The van der Waals surface area contributed by atoms with E-state index in [9.17, 15) is 9.18 Å². The number of aryl methyl sites for hydroxylation is 1. The molecular weight excluding hydrogens is 279 g/mol. The maximum absolute atomic E-state index is 13.0. The van der Waals surface area contributed by atoms with Crippen molar-refractivity contribution in [1.29, 1.82) is 0 Å². The average Bonchev–Trinajstić information content (AvgIpc) is 2.88. The minimum atomic E-state index is -1.12. The molecule has 0 saturated heterocycles. The Morgan fingerprint density at radius 3 is 2.81 bits per heavy atom. The zero-order valence-corrected chi connectivity index (χ0v) is 11.3. The molecule has 0 atom stereocenters. The van der Waals surface area contributed by atoms with Gasteiger partial charge in [0, 0.05) is 12.6 Å². The summed E-state index contributed by atoms with van der Waals surface area (Å²) < 4.78 is 25.5. The monoisotopic (exact) mass is 292 g/mol. The van der Waals surface area contributed by atoms with E-state index < -0.39 is 12.6 Å². The van der Waals surface area contributed by atoms with Crippen molar-refractivity contribution in [3.63, 3.8) is 0 Å². The van der Waals surface area contributed by atoms with Gasteiger partial charge >= 0.3 is 5.97 Å². The third-order valence-corrected chi connectivity index (χ3v) is 3.23. The average molecular weight is 292 g/mol. The number of hydrogen-bond acceptors (Lipinski definition) is 4. The lowest BCUT2D eigenvalue weighted by molar-refractivity contribution is 0.0689. The molecule has 21 heavy (non-hydrogen) atoms. The van der Waals surface area contributed by atoms with Crippen LogP contribution in [-0.2, 0) is 13.7 Å². The van der Waals surface area contributed by atoms with E-state index in [2.05, 4.69) is 5.10 Å². The molecule has 1 aliphatic rings. The summed E-state index contributed by atoms with van der Waals surface area (Å²) >= 11 is 0. The maximum atomic E-state index is 13.0. The largest absolute Gasteiger partial charge is 0.486 e. The highest BCUT2D eigenvalue weighted by atomic mass is 19.1. The van der Waals surface area contributed by atoms with Crippen LogP contribution in [0.2, 0.25) is 0 Å². The van der Waals surface area contributed by atoms with Crippen LogP contribution in [-0.4, -0.2) is 34.1 Å². The number of alkyl halides is 1. The summed E-state index contributed by atoms with van der Waals surface area (Å²) in [5.74, 6) is -0.174. The molecule has 1 aromatic carbocycles. The molecule has 0 saturated carbocycles. The molecule has 0 aliphatic carbocycles. The van der Waals surface area contributed by atoms with Gasteiger partial charge in [-0.2, -0.15) is 5.10 Å². The molecule has 3 rings (SSSR count). The quantitative estimate of drug-likeness (QED) is 0.937. The molecule has 2 heterocycles. The third-order valence-electron chi connectivity index (χ3n) is 3.23. The van der Waals surface area contributed by atoms with Crippen molar-refractivity contribution in [2.75, 3.05) is 13.2 Å². The molecule has 0 unspecified atom stereocenters. The number of carboxylic acids is 1. The third kappa shape index (κ3) is 2.31. The van der Waals surface area contributed by atoms with Crippen LogP contribution in [0, 0.1) is 0 Å². The molecule has 110 valence electrons. The zero-order chi connectivity index (χ0) is 15.0. The Hall–Kier alpha value is -2.57. The van der Waals surface area contributed by atoms with Crippen molar-refractivity contribution in [2.24, 2.45) is 7.05 Å². The fourth-order valence-corrected chi connectivity index (χ4v) is 2.30. The molecule has 0 radical (unpaired) electrons.